The van der Waals surface area contributed by atoms with Gasteiger partial charge in [-0.2, -0.15) is 5.10 Å². The molecule has 0 fully saturated rings. The summed E-state index contributed by atoms with van der Waals surface area (Å²) in [6.07, 6.45) is 5.13. The van der Waals surface area contributed by atoms with E-state index in [0.717, 1.165) is 27.2 Å². The van der Waals surface area contributed by atoms with Gasteiger partial charge in [-0.05, 0) is 59.5 Å². The number of pyridine rings is 1. The number of carbonyl (C=O) groups is 1. The normalized spacial score (nSPS) is 11.7. The zero-order valence-electron chi connectivity index (χ0n) is 17.8. The fourth-order valence-electron chi connectivity index (χ4n) is 3.72. The summed E-state index contributed by atoms with van der Waals surface area (Å²) in [5.41, 5.74) is 2.09. The Morgan fingerprint density at radius 2 is 1.64 bits per heavy atom. The SMILES string of the molecule is Cn1ncc2ccc(S(=O)(=O)c3ccc(CNC(=O)c4ccc5ccncc5c4)cc3)cc21. The summed E-state index contributed by atoms with van der Waals surface area (Å²) < 4.78 is 27.8. The van der Waals surface area contributed by atoms with E-state index >= 15 is 0 Å². The van der Waals surface area contributed by atoms with Crippen LogP contribution >= 0.6 is 0 Å². The van der Waals surface area contributed by atoms with Crippen molar-refractivity contribution < 1.29 is 13.2 Å². The summed E-state index contributed by atoms with van der Waals surface area (Å²) in [5, 5.41) is 9.82. The molecule has 7 nitrogen and oxygen atoms in total. The van der Waals surface area contributed by atoms with E-state index in [2.05, 4.69) is 15.4 Å². The molecule has 0 aliphatic rings. The van der Waals surface area contributed by atoms with Crippen LogP contribution in [0.3, 0.4) is 0 Å². The number of fused-ring (bicyclic) bond motifs is 2. The zero-order chi connectivity index (χ0) is 23.0. The summed E-state index contributed by atoms with van der Waals surface area (Å²) >= 11 is 0. The van der Waals surface area contributed by atoms with Crippen molar-refractivity contribution in [2.45, 2.75) is 16.3 Å². The summed E-state index contributed by atoms with van der Waals surface area (Å²) in [7, 11) is -1.90. The quantitative estimate of drug-likeness (QED) is 0.433. The van der Waals surface area contributed by atoms with Gasteiger partial charge in [0.15, 0.2) is 0 Å². The highest BCUT2D eigenvalue weighted by atomic mass is 32.2. The van der Waals surface area contributed by atoms with Crippen LogP contribution in [-0.4, -0.2) is 29.1 Å². The number of rotatable bonds is 5. The first-order chi connectivity index (χ1) is 15.9. The molecule has 3 aromatic carbocycles. The molecule has 0 aliphatic carbocycles. The lowest BCUT2D eigenvalue weighted by atomic mass is 10.1. The number of benzene rings is 3. The number of nitrogens with one attached hydrogen (secondary N) is 1. The van der Waals surface area contributed by atoms with Gasteiger partial charge >= 0.3 is 0 Å². The molecule has 0 atom stereocenters. The van der Waals surface area contributed by atoms with E-state index in [0.29, 0.717) is 5.56 Å². The Kier molecular flexibility index (Phi) is 5.14. The Hall–Kier alpha value is -4.04. The van der Waals surface area contributed by atoms with Crippen molar-refractivity contribution in [3.8, 4) is 0 Å². The molecular formula is C25H20N4O3S. The molecular weight excluding hydrogens is 436 g/mol. The monoisotopic (exact) mass is 456 g/mol. The van der Waals surface area contributed by atoms with Crippen LogP contribution in [0.15, 0.2) is 95.1 Å². The minimum Gasteiger partial charge on any atom is -0.348 e. The van der Waals surface area contributed by atoms with Crippen LogP contribution in [-0.2, 0) is 23.4 Å². The van der Waals surface area contributed by atoms with E-state index < -0.39 is 9.84 Å². The number of aryl methyl sites for hydroxylation is 1. The highest BCUT2D eigenvalue weighted by molar-refractivity contribution is 7.91. The molecule has 0 bridgehead atoms. The first kappa shape index (κ1) is 20.8. The van der Waals surface area contributed by atoms with E-state index in [9.17, 15) is 13.2 Å². The Morgan fingerprint density at radius 1 is 0.879 bits per heavy atom. The number of aromatic nitrogens is 3. The van der Waals surface area contributed by atoms with Crippen molar-refractivity contribution in [3.05, 3.63) is 96.4 Å². The van der Waals surface area contributed by atoms with Crippen molar-refractivity contribution in [1.29, 1.82) is 0 Å². The first-order valence-corrected chi connectivity index (χ1v) is 11.8. The lowest BCUT2D eigenvalue weighted by Gasteiger charge is -2.09. The van der Waals surface area contributed by atoms with E-state index in [4.69, 9.17) is 0 Å². The summed E-state index contributed by atoms with van der Waals surface area (Å²) in [4.78, 5) is 17.0. The second-order valence-corrected chi connectivity index (χ2v) is 9.71. The van der Waals surface area contributed by atoms with Crippen LogP contribution in [0.5, 0.6) is 0 Å². The number of sulfone groups is 1. The van der Waals surface area contributed by atoms with Crippen LogP contribution in [0, 0.1) is 0 Å². The van der Waals surface area contributed by atoms with Crippen molar-refractivity contribution in [1.82, 2.24) is 20.1 Å². The van der Waals surface area contributed by atoms with E-state index in [1.807, 2.05) is 12.1 Å². The lowest BCUT2D eigenvalue weighted by molar-refractivity contribution is 0.0951. The highest BCUT2D eigenvalue weighted by Crippen LogP contribution is 2.25. The first-order valence-electron chi connectivity index (χ1n) is 10.3. The molecule has 2 heterocycles. The molecule has 0 aliphatic heterocycles. The Morgan fingerprint density at radius 3 is 2.45 bits per heavy atom. The number of nitrogens with zero attached hydrogens (tertiary/aromatic N) is 3. The van der Waals surface area contributed by atoms with E-state index in [1.165, 1.54) is 0 Å². The molecule has 33 heavy (non-hydrogen) atoms. The maximum absolute atomic E-state index is 13.1. The van der Waals surface area contributed by atoms with Crippen molar-refractivity contribution in [2.75, 3.05) is 0 Å². The molecule has 5 rings (SSSR count). The fourth-order valence-corrected chi connectivity index (χ4v) is 5.00. The van der Waals surface area contributed by atoms with Crippen LogP contribution in [0.2, 0.25) is 0 Å². The Balaban J connectivity index is 1.31. The van der Waals surface area contributed by atoms with Gasteiger partial charge in [-0.15, -0.1) is 0 Å². The second kappa shape index (κ2) is 8.14. The average molecular weight is 457 g/mol. The molecule has 1 N–H and O–H groups in total. The summed E-state index contributed by atoms with van der Waals surface area (Å²) in [6, 6.07) is 18.9. The van der Waals surface area contributed by atoms with Crippen LogP contribution < -0.4 is 5.32 Å². The molecule has 0 saturated heterocycles. The fraction of sp³-hybridized carbons (Fsp3) is 0.0800. The second-order valence-electron chi connectivity index (χ2n) is 7.76. The van der Waals surface area contributed by atoms with E-state index in [-0.39, 0.29) is 22.2 Å². The number of amides is 1. The van der Waals surface area contributed by atoms with Gasteiger partial charge in [-0.25, -0.2) is 8.42 Å². The van der Waals surface area contributed by atoms with Gasteiger partial charge in [-0.3, -0.25) is 14.5 Å². The number of hydrogen-bond donors (Lipinski definition) is 1. The molecule has 0 radical (unpaired) electrons. The lowest BCUT2D eigenvalue weighted by Crippen LogP contribution is -2.22. The maximum atomic E-state index is 13.1. The Labute approximate surface area is 190 Å². The van der Waals surface area contributed by atoms with Crippen LogP contribution in [0.4, 0.5) is 0 Å². The third-order valence-electron chi connectivity index (χ3n) is 5.62. The molecule has 5 aromatic rings. The van der Waals surface area contributed by atoms with E-state index in [1.54, 1.807) is 84.9 Å². The summed E-state index contributed by atoms with van der Waals surface area (Å²) in [6.45, 7) is 0.283. The maximum Gasteiger partial charge on any atom is 0.251 e. The van der Waals surface area contributed by atoms with Gasteiger partial charge in [0.05, 0.1) is 21.5 Å². The minimum absolute atomic E-state index is 0.195. The number of carbonyl (C=O) groups excluding carboxylic acids is 1. The molecule has 0 unspecified atom stereocenters. The standard InChI is InChI=1S/C25H20N4O3S/c1-29-24-13-23(9-6-20(24)16-28-29)33(31,32)22-7-2-17(3-8-22)14-27-25(30)19-5-4-18-10-11-26-15-21(18)12-19/h2-13,15-16H,14H2,1H3,(H,27,30). The van der Waals surface area contributed by atoms with Gasteiger partial charge < -0.3 is 5.32 Å². The Bertz CT molecular complexity index is 1610. The van der Waals surface area contributed by atoms with Crippen molar-refractivity contribution in [3.63, 3.8) is 0 Å². The predicted octanol–water partition coefficient (Wildman–Crippen LogP) is 3.88. The van der Waals surface area contributed by atoms with Gasteiger partial charge in [-0.1, -0.05) is 18.2 Å². The summed E-state index contributed by atoms with van der Waals surface area (Å²) in [5.74, 6) is -0.207. The molecule has 1 amide bonds. The van der Waals surface area contributed by atoms with Gasteiger partial charge in [0.25, 0.3) is 5.91 Å². The van der Waals surface area contributed by atoms with Gasteiger partial charge in [0.1, 0.15) is 0 Å². The molecule has 164 valence electrons. The van der Waals surface area contributed by atoms with Gasteiger partial charge in [0.2, 0.25) is 9.84 Å². The van der Waals surface area contributed by atoms with Crippen LogP contribution in [0.25, 0.3) is 21.7 Å². The third-order valence-corrected chi connectivity index (χ3v) is 7.39. The molecule has 0 saturated carbocycles. The smallest absolute Gasteiger partial charge is 0.251 e. The highest BCUT2D eigenvalue weighted by Gasteiger charge is 2.19. The average Bonchev–Trinajstić information content (AvgIpc) is 3.22. The molecule has 2 aromatic heterocycles. The largest absolute Gasteiger partial charge is 0.348 e. The molecule has 8 heteroatoms. The molecule has 0 spiro atoms. The van der Waals surface area contributed by atoms with Crippen LogP contribution in [0.1, 0.15) is 15.9 Å². The number of hydrogen-bond acceptors (Lipinski definition) is 5. The predicted molar refractivity (Wildman–Crippen MR) is 126 cm³/mol. The minimum atomic E-state index is -3.67. The zero-order valence-corrected chi connectivity index (χ0v) is 18.6. The van der Waals surface area contributed by atoms with Gasteiger partial charge in [0, 0.05) is 42.3 Å². The third kappa shape index (κ3) is 3.96. The van der Waals surface area contributed by atoms with Crippen molar-refractivity contribution in [2.24, 2.45) is 7.05 Å². The topological polar surface area (TPSA) is 94.0 Å². The van der Waals surface area contributed by atoms with Crippen molar-refractivity contribution >= 4 is 37.4 Å².